The third-order valence-electron chi connectivity index (χ3n) is 4.02. The minimum absolute atomic E-state index is 0.274. The van der Waals surface area contributed by atoms with E-state index in [0.29, 0.717) is 0 Å². The Labute approximate surface area is 130 Å². The number of aryl methyl sites for hydroxylation is 2. The van der Waals surface area contributed by atoms with E-state index < -0.39 is 0 Å². The monoisotopic (exact) mass is 292 g/mol. The van der Waals surface area contributed by atoms with Gasteiger partial charge in [-0.1, -0.05) is 31.2 Å². The Morgan fingerprint density at radius 3 is 2.41 bits per heavy atom. The topological polar surface area (TPSA) is 38.0 Å². The lowest BCUT2D eigenvalue weighted by Gasteiger charge is -2.07. The first-order chi connectivity index (χ1) is 10.6. The van der Waals surface area contributed by atoms with Crippen LogP contribution in [0.5, 0.6) is 5.75 Å². The van der Waals surface area contributed by atoms with Gasteiger partial charge >= 0.3 is 0 Å². The molecule has 0 aliphatic rings. The van der Waals surface area contributed by atoms with Crippen LogP contribution in [0.15, 0.2) is 48.5 Å². The van der Waals surface area contributed by atoms with E-state index in [-0.39, 0.29) is 5.75 Å². The van der Waals surface area contributed by atoms with Gasteiger partial charge in [0.15, 0.2) is 0 Å². The quantitative estimate of drug-likeness (QED) is 0.775. The average molecular weight is 292 g/mol. The van der Waals surface area contributed by atoms with Crippen molar-refractivity contribution in [3.8, 4) is 22.6 Å². The van der Waals surface area contributed by atoms with Gasteiger partial charge in [0, 0.05) is 11.3 Å². The van der Waals surface area contributed by atoms with Gasteiger partial charge in [-0.05, 0) is 55.7 Å². The zero-order chi connectivity index (χ0) is 15.7. The first-order valence-electron chi connectivity index (χ1n) is 7.55. The van der Waals surface area contributed by atoms with E-state index in [0.717, 1.165) is 34.6 Å². The lowest BCUT2D eigenvalue weighted by molar-refractivity contribution is 0.475. The Hall–Kier alpha value is -2.55. The highest BCUT2D eigenvalue weighted by atomic mass is 16.3. The average Bonchev–Trinajstić information content (AvgIpc) is 2.82. The van der Waals surface area contributed by atoms with E-state index in [9.17, 15) is 5.11 Å². The van der Waals surface area contributed by atoms with Crippen LogP contribution in [0.2, 0.25) is 0 Å². The second kappa shape index (κ2) is 5.68. The molecular weight excluding hydrogens is 272 g/mol. The SMILES string of the molecule is CCc1ccc(-n2nc(C)c(-c3cccc(O)c3)c2C)cc1. The zero-order valence-corrected chi connectivity index (χ0v) is 13.2. The van der Waals surface area contributed by atoms with Gasteiger partial charge in [-0.2, -0.15) is 5.10 Å². The van der Waals surface area contributed by atoms with Crippen molar-refractivity contribution in [3.05, 3.63) is 65.5 Å². The molecule has 3 heteroatoms. The lowest BCUT2D eigenvalue weighted by Crippen LogP contribution is -1.99. The molecule has 1 aromatic heterocycles. The standard InChI is InChI=1S/C19H20N2O/c1-4-15-8-10-17(11-9-15)21-14(3)19(13(2)20-21)16-6-5-7-18(22)12-16/h5-12,22H,4H2,1-3H3. The number of nitrogens with zero attached hydrogens (tertiary/aromatic N) is 2. The number of hydrogen-bond acceptors (Lipinski definition) is 2. The summed E-state index contributed by atoms with van der Waals surface area (Å²) >= 11 is 0. The molecule has 0 amide bonds. The normalized spacial score (nSPS) is 10.9. The number of aromatic nitrogens is 2. The summed E-state index contributed by atoms with van der Waals surface area (Å²) in [7, 11) is 0. The summed E-state index contributed by atoms with van der Waals surface area (Å²) in [5.41, 5.74) is 6.49. The van der Waals surface area contributed by atoms with Crippen LogP contribution in [0, 0.1) is 13.8 Å². The molecule has 1 N–H and O–H groups in total. The Bertz CT molecular complexity index is 801. The molecule has 3 rings (SSSR count). The molecule has 0 unspecified atom stereocenters. The van der Waals surface area contributed by atoms with Gasteiger partial charge in [-0.25, -0.2) is 4.68 Å². The van der Waals surface area contributed by atoms with Gasteiger partial charge < -0.3 is 5.11 Å². The van der Waals surface area contributed by atoms with Crippen LogP contribution in [0.25, 0.3) is 16.8 Å². The van der Waals surface area contributed by atoms with Crippen LogP contribution in [-0.2, 0) is 6.42 Å². The molecule has 0 saturated heterocycles. The number of rotatable bonds is 3. The molecule has 22 heavy (non-hydrogen) atoms. The van der Waals surface area contributed by atoms with Crippen LogP contribution in [0.1, 0.15) is 23.9 Å². The number of phenols is 1. The molecule has 0 radical (unpaired) electrons. The molecule has 112 valence electrons. The molecule has 0 fully saturated rings. The van der Waals surface area contributed by atoms with E-state index in [4.69, 9.17) is 0 Å². The predicted octanol–water partition coefficient (Wildman–Crippen LogP) is 4.42. The van der Waals surface area contributed by atoms with Crippen LogP contribution >= 0.6 is 0 Å². The summed E-state index contributed by atoms with van der Waals surface area (Å²) < 4.78 is 1.97. The third kappa shape index (κ3) is 2.50. The highest BCUT2D eigenvalue weighted by Gasteiger charge is 2.14. The molecule has 3 nitrogen and oxygen atoms in total. The summed E-state index contributed by atoms with van der Waals surface area (Å²) in [4.78, 5) is 0. The maximum absolute atomic E-state index is 9.71. The van der Waals surface area contributed by atoms with Gasteiger partial charge in [0.2, 0.25) is 0 Å². The van der Waals surface area contributed by atoms with Crippen molar-refractivity contribution >= 4 is 0 Å². The molecular formula is C19H20N2O. The van der Waals surface area contributed by atoms with Crippen LogP contribution in [0.3, 0.4) is 0 Å². The lowest BCUT2D eigenvalue weighted by atomic mass is 10.0. The Morgan fingerprint density at radius 1 is 1.05 bits per heavy atom. The molecule has 0 atom stereocenters. The molecule has 2 aromatic carbocycles. The second-order valence-electron chi connectivity index (χ2n) is 5.53. The van der Waals surface area contributed by atoms with Crippen molar-refractivity contribution in [2.75, 3.05) is 0 Å². The van der Waals surface area contributed by atoms with E-state index in [2.05, 4.69) is 43.2 Å². The Morgan fingerprint density at radius 2 is 1.77 bits per heavy atom. The van der Waals surface area contributed by atoms with Crippen molar-refractivity contribution in [2.24, 2.45) is 0 Å². The third-order valence-corrected chi connectivity index (χ3v) is 4.02. The Balaban J connectivity index is 2.10. The van der Waals surface area contributed by atoms with Crippen molar-refractivity contribution in [3.63, 3.8) is 0 Å². The molecule has 3 aromatic rings. The Kier molecular flexibility index (Phi) is 3.72. The second-order valence-corrected chi connectivity index (χ2v) is 5.53. The fraction of sp³-hybridized carbons (Fsp3) is 0.211. The van der Waals surface area contributed by atoms with Gasteiger partial charge in [0.25, 0.3) is 0 Å². The van der Waals surface area contributed by atoms with Crippen molar-refractivity contribution < 1.29 is 5.11 Å². The van der Waals surface area contributed by atoms with Gasteiger partial charge in [-0.15, -0.1) is 0 Å². The van der Waals surface area contributed by atoms with E-state index in [1.54, 1.807) is 12.1 Å². The first kappa shape index (κ1) is 14.4. The van der Waals surface area contributed by atoms with Crippen molar-refractivity contribution in [2.45, 2.75) is 27.2 Å². The summed E-state index contributed by atoms with van der Waals surface area (Å²) in [6.07, 6.45) is 1.03. The van der Waals surface area contributed by atoms with Crippen LogP contribution in [0.4, 0.5) is 0 Å². The zero-order valence-electron chi connectivity index (χ0n) is 13.2. The number of phenolic OH excluding ortho intramolecular Hbond substituents is 1. The molecule has 0 aliphatic heterocycles. The van der Waals surface area contributed by atoms with E-state index in [1.807, 2.05) is 23.7 Å². The predicted molar refractivity (Wildman–Crippen MR) is 89.5 cm³/mol. The van der Waals surface area contributed by atoms with E-state index >= 15 is 0 Å². The van der Waals surface area contributed by atoms with Crippen molar-refractivity contribution in [1.29, 1.82) is 0 Å². The fourth-order valence-electron chi connectivity index (χ4n) is 2.85. The minimum Gasteiger partial charge on any atom is -0.508 e. The highest BCUT2D eigenvalue weighted by molar-refractivity contribution is 5.70. The maximum atomic E-state index is 9.71. The van der Waals surface area contributed by atoms with Gasteiger partial charge in [0.1, 0.15) is 5.75 Å². The highest BCUT2D eigenvalue weighted by Crippen LogP contribution is 2.30. The molecule has 0 spiro atoms. The summed E-state index contributed by atoms with van der Waals surface area (Å²) in [5, 5.41) is 14.4. The van der Waals surface area contributed by atoms with E-state index in [1.165, 1.54) is 5.56 Å². The van der Waals surface area contributed by atoms with Crippen LogP contribution < -0.4 is 0 Å². The smallest absolute Gasteiger partial charge is 0.116 e. The largest absolute Gasteiger partial charge is 0.508 e. The fourth-order valence-corrected chi connectivity index (χ4v) is 2.85. The number of hydrogen-bond donors (Lipinski definition) is 1. The minimum atomic E-state index is 0.274. The summed E-state index contributed by atoms with van der Waals surface area (Å²) in [5.74, 6) is 0.274. The molecule has 1 heterocycles. The molecule has 0 aliphatic carbocycles. The van der Waals surface area contributed by atoms with Crippen LogP contribution in [-0.4, -0.2) is 14.9 Å². The van der Waals surface area contributed by atoms with Gasteiger partial charge in [-0.3, -0.25) is 0 Å². The number of benzene rings is 2. The maximum Gasteiger partial charge on any atom is 0.116 e. The summed E-state index contributed by atoms with van der Waals surface area (Å²) in [6, 6.07) is 15.8. The van der Waals surface area contributed by atoms with Gasteiger partial charge in [0.05, 0.1) is 11.4 Å². The summed E-state index contributed by atoms with van der Waals surface area (Å²) in [6.45, 7) is 6.22. The molecule has 0 bridgehead atoms. The first-order valence-corrected chi connectivity index (χ1v) is 7.55. The van der Waals surface area contributed by atoms with Crippen molar-refractivity contribution in [1.82, 2.24) is 9.78 Å². The number of aromatic hydroxyl groups is 1. The molecule has 0 saturated carbocycles.